The largest absolute Gasteiger partial charge is 0.493 e. The van der Waals surface area contributed by atoms with Crippen LogP contribution in [-0.2, 0) is 15.9 Å². The molecule has 8 nitrogen and oxygen atoms in total. The van der Waals surface area contributed by atoms with E-state index in [1.54, 1.807) is 12.0 Å². The van der Waals surface area contributed by atoms with E-state index in [1.165, 1.54) is 0 Å². The van der Waals surface area contributed by atoms with Crippen LogP contribution in [0.1, 0.15) is 63.9 Å². The molecule has 192 valence electrons. The third kappa shape index (κ3) is 7.87. The van der Waals surface area contributed by atoms with Crippen LogP contribution in [0.4, 0.5) is 4.79 Å². The first-order chi connectivity index (χ1) is 16.0. The van der Waals surface area contributed by atoms with Gasteiger partial charge < -0.3 is 29.7 Å². The summed E-state index contributed by atoms with van der Waals surface area (Å²) in [7, 11) is 1.67. The van der Waals surface area contributed by atoms with Crippen molar-refractivity contribution in [2.45, 2.75) is 72.1 Å². The van der Waals surface area contributed by atoms with Crippen LogP contribution in [0.25, 0.3) is 0 Å². The van der Waals surface area contributed by atoms with Gasteiger partial charge in [0.2, 0.25) is 0 Å². The number of nitrogens with zero attached hydrogens (tertiary/aromatic N) is 2. The Kier molecular flexibility index (Phi) is 10.2. The number of benzene rings is 1. The highest BCUT2D eigenvalue weighted by molar-refractivity contribution is 5.95. The fraction of sp³-hybridized carbons (Fsp3) is 0.692. The van der Waals surface area contributed by atoms with E-state index < -0.39 is 5.60 Å². The molecule has 2 N–H and O–H groups in total. The molecule has 1 aromatic carbocycles. The quantitative estimate of drug-likeness (QED) is 0.516. The summed E-state index contributed by atoms with van der Waals surface area (Å²) in [5.41, 5.74) is 7.47. The molecule has 0 aromatic heterocycles. The average molecular weight is 478 g/mol. The summed E-state index contributed by atoms with van der Waals surface area (Å²) in [6.07, 6.45) is 1.24. The Morgan fingerprint density at radius 2 is 1.91 bits per heavy atom. The van der Waals surface area contributed by atoms with Gasteiger partial charge in [0, 0.05) is 63.3 Å². The Balaban J connectivity index is 2.13. The molecule has 1 saturated heterocycles. The fourth-order valence-electron chi connectivity index (χ4n) is 4.01. The zero-order valence-electron chi connectivity index (χ0n) is 21.9. The molecule has 2 rings (SSSR count). The van der Waals surface area contributed by atoms with Gasteiger partial charge in [0.05, 0.1) is 6.61 Å². The number of aryl methyl sites for hydroxylation is 1. The maximum atomic E-state index is 13.5. The normalized spacial score (nSPS) is 18.3. The van der Waals surface area contributed by atoms with Gasteiger partial charge in [0.1, 0.15) is 11.4 Å². The second-order valence-electron chi connectivity index (χ2n) is 10.2. The Labute approximate surface area is 204 Å². The molecule has 34 heavy (non-hydrogen) atoms. The highest BCUT2D eigenvalue weighted by Crippen LogP contribution is 2.25. The van der Waals surface area contributed by atoms with Crippen LogP contribution in [-0.4, -0.2) is 79.4 Å². The monoisotopic (exact) mass is 477 g/mol. The van der Waals surface area contributed by atoms with Crippen molar-refractivity contribution in [3.63, 3.8) is 0 Å². The minimum Gasteiger partial charge on any atom is -0.493 e. The smallest absolute Gasteiger partial charge is 0.410 e. The van der Waals surface area contributed by atoms with E-state index in [4.69, 9.17) is 19.9 Å². The summed E-state index contributed by atoms with van der Waals surface area (Å²) in [6.45, 7) is 14.1. The summed E-state index contributed by atoms with van der Waals surface area (Å²) in [5, 5.41) is 0. The standard InChI is InChI=1S/C26H43N3O5/c1-8-19-10-11-20(14-23(19)33-13-9-12-32-7)24(30)29(18(2)3)16-21-15-28(17-22(21)27)25(31)34-26(4,5)6/h10-11,14,18,21-22H,8-9,12-13,15-17,27H2,1-7H3/t21-,22-/m1/s1. The topological polar surface area (TPSA) is 94.3 Å². The molecule has 0 radical (unpaired) electrons. The van der Waals surface area contributed by atoms with Crippen LogP contribution in [0.2, 0.25) is 0 Å². The summed E-state index contributed by atoms with van der Waals surface area (Å²) in [5.74, 6) is 0.641. The Morgan fingerprint density at radius 3 is 2.50 bits per heavy atom. The lowest BCUT2D eigenvalue weighted by molar-refractivity contribution is 0.0284. The zero-order valence-corrected chi connectivity index (χ0v) is 21.9. The second-order valence-corrected chi connectivity index (χ2v) is 10.2. The van der Waals surface area contributed by atoms with Crippen molar-refractivity contribution < 1.29 is 23.8 Å². The van der Waals surface area contributed by atoms with Crippen LogP contribution in [0.15, 0.2) is 18.2 Å². The van der Waals surface area contributed by atoms with Crippen LogP contribution in [0, 0.1) is 5.92 Å². The van der Waals surface area contributed by atoms with E-state index in [0.717, 1.165) is 24.2 Å². The van der Waals surface area contributed by atoms with Gasteiger partial charge in [-0.15, -0.1) is 0 Å². The maximum Gasteiger partial charge on any atom is 0.410 e. The number of hydrogen-bond acceptors (Lipinski definition) is 6. The Bertz CT molecular complexity index is 821. The molecule has 1 aromatic rings. The fourth-order valence-corrected chi connectivity index (χ4v) is 4.01. The SMILES string of the molecule is CCc1ccc(C(=O)N(C[C@H]2CN(C(=O)OC(C)(C)C)C[C@H]2N)C(C)C)cc1OCCCOC. The van der Waals surface area contributed by atoms with Crippen molar-refractivity contribution in [3.05, 3.63) is 29.3 Å². The average Bonchev–Trinajstić information content (AvgIpc) is 3.13. The van der Waals surface area contributed by atoms with Crippen LogP contribution >= 0.6 is 0 Å². The van der Waals surface area contributed by atoms with Gasteiger partial charge in [-0.05, 0) is 58.7 Å². The molecule has 1 aliphatic heterocycles. The molecule has 0 spiro atoms. The lowest BCUT2D eigenvalue weighted by Gasteiger charge is -2.31. The summed E-state index contributed by atoms with van der Waals surface area (Å²) in [6, 6.07) is 5.42. The first kappa shape index (κ1) is 27.9. The number of amides is 2. The van der Waals surface area contributed by atoms with Gasteiger partial charge in [-0.1, -0.05) is 13.0 Å². The third-order valence-corrected chi connectivity index (χ3v) is 5.90. The van der Waals surface area contributed by atoms with Crippen LogP contribution < -0.4 is 10.5 Å². The molecule has 2 amide bonds. The van der Waals surface area contributed by atoms with Crippen molar-refractivity contribution in [3.8, 4) is 5.75 Å². The van der Waals surface area contributed by atoms with Crippen molar-refractivity contribution in [2.75, 3.05) is 40.0 Å². The predicted molar refractivity (Wildman–Crippen MR) is 133 cm³/mol. The number of carbonyl (C=O) groups excluding carboxylic acids is 2. The number of likely N-dealkylation sites (tertiary alicyclic amines) is 1. The zero-order chi connectivity index (χ0) is 25.5. The summed E-state index contributed by atoms with van der Waals surface area (Å²) in [4.78, 5) is 29.5. The van der Waals surface area contributed by atoms with Crippen molar-refractivity contribution in [1.29, 1.82) is 0 Å². The molecule has 0 unspecified atom stereocenters. The molecule has 2 atom stereocenters. The Hall–Kier alpha value is -2.32. The highest BCUT2D eigenvalue weighted by Gasteiger charge is 2.37. The van der Waals surface area contributed by atoms with Gasteiger partial charge in [-0.2, -0.15) is 0 Å². The maximum absolute atomic E-state index is 13.5. The molecule has 8 heteroatoms. The van der Waals surface area contributed by atoms with Gasteiger partial charge in [-0.3, -0.25) is 4.79 Å². The molecule has 0 aliphatic carbocycles. The molecule has 0 saturated carbocycles. The lowest BCUT2D eigenvalue weighted by Crippen LogP contribution is -2.44. The third-order valence-electron chi connectivity index (χ3n) is 5.90. The van der Waals surface area contributed by atoms with Gasteiger partial charge in [0.15, 0.2) is 0 Å². The van der Waals surface area contributed by atoms with E-state index in [0.29, 0.717) is 38.4 Å². The molecule has 1 aliphatic rings. The van der Waals surface area contributed by atoms with Gasteiger partial charge in [0.25, 0.3) is 5.91 Å². The van der Waals surface area contributed by atoms with Crippen LogP contribution in [0.5, 0.6) is 5.75 Å². The number of hydrogen-bond donors (Lipinski definition) is 1. The first-order valence-electron chi connectivity index (χ1n) is 12.3. The molecule has 1 fully saturated rings. The first-order valence-corrected chi connectivity index (χ1v) is 12.3. The summed E-state index contributed by atoms with van der Waals surface area (Å²) < 4.78 is 16.6. The highest BCUT2D eigenvalue weighted by atomic mass is 16.6. The van der Waals surface area contributed by atoms with Gasteiger partial charge >= 0.3 is 6.09 Å². The minimum absolute atomic E-state index is 0.0211. The molecular formula is C26H43N3O5. The van der Waals surface area contributed by atoms with E-state index in [9.17, 15) is 9.59 Å². The number of rotatable bonds is 10. The van der Waals surface area contributed by atoms with Crippen LogP contribution in [0.3, 0.4) is 0 Å². The van der Waals surface area contributed by atoms with E-state index in [-0.39, 0.29) is 30.0 Å². The Morgan fingerprint density at radius 1 is 1.21 bits per heavy atom. The lowest BCUT2D eigenvalue weighted by atomic mass is 10.0. The summed E-state index contributed by atoms with van der Waals surface area (Å²) >= 11 is 0. The van der Waals surface area contributed by atoms with Crippen molar-refractivity contribution in [1.82, 2.24) is 9.80 Å². The molecule has 0 bridgehead atoms. The van der Waals surface area contributed by atoms with E-state index >= 15 is 0 Å². The minimum atomic E-state index is -0.562. The molecular weight excluding hydrogens is 434 g/mol. The second kappa shape index (κ2) is 12.4. The number of carbonyl (C=O) groups is 2. The molecule has 1 heterocycles. The van der Waals surface area contributed by atoms with Crippen molar-refractivity contribution in [2.24, 2.45) is 11.7 Å². The predicted octanol–water partition coefficient (Wildman–Crippen LogP) is 3.71. The van der Waals surface area contributed by atoms with E-state index in [1.807, 2.05) is 57.7 Å². The number of nitrogens with two attached hydrogens (primary N) is 1. The van der Waals surface area contributed by atoms with E-state index in [2.05, 4.69) is 6.92 Å². The van der Waals surface area contributed by atoms with Crippen molar-refractivity contribution >= 4 is 12.0 Å². The number of ether oxygens (including phenoxy) is 3. The van der Waals surface area contributed by atoms with Gasteiger partial charge in [-0.25, -0.2) is 4.79 Å². The number of methoxy groups -OCH3 is 1.